The van der Waals surface area contributed by atoms with Gasteiger partial charge in [0.2, 0.25) is 0 Å². The minimum Gasteiger partial charge on any atom is -0.377 e. The lowest BCUT2D eigenvalue weighted by molar-refractivity contribution is 0.0234. The molecule has 0 aliphatic heterocycles. The maximum absolute atomic E-state index is 5.89. The highest BCUT2D eigenvalue weighted by Crippen LogP contribution is 2.31. The average molecular weight is 233 g/mol. The predicted molar refractivity (Wildman–Crippen MR) is 71.2 cm³/mol. The zero-order valence-corrected chi connectivity index (χ0v) is 10.9. The molecule has 94 valence electrons. The van der Waals surface area contributed by atoms with E-state index in [4.69, 9.17) is 4.74 Å². The van der Waals surface area contributed by atoms with E-state index in [1.807, 2.05) is 0 Å². The average Bonchev–Trinajstić information content (AvgIpc) is 2.37. The quantitative estimate of drug-likeness (QED) is 0.844. The summed E-state index contributed by atoms with van der Waals surface area (Å²) in [5, 5.41) is 3.64. The van der Waals surface area contributed by atoms with Crippen LogP contribution in [0.25, 0.3) is 0 Å². The zero-order valence-electron chi connectivity index (χ0n) is 10.9. The van der Waals surface area contributed by atoms with Gasteiger partial charge in [0.15, 0.2) is 0 Å². The molecule has 0 bridgehead atoms. The van der Waals surface area contributed by atoms with Crippen molar-refractivity contribution in [3.63, 3.8) is 0 Å². The summed E-state index contributed by atoms with van der Waals surface area (Å²) in [6.07, 6.45) is 3.77. The summed E-state index contributed by atoms with van der Waals surface area (Å²) in [6.45, 7) is 6.15. The SMILES string of the molecule is CCCNC1c2ccccc2CCC1OCC. The molecule has 0 spiro atoms. The Morgan fingerprint density at radius 3 is 2.88 bits per heavy atom. The highest BCUT2D eigenvalue weighted by Gasteiger charge is 2.28. The van der Waals surface area contributed by atoms with Crippen LogP contribution in [0, 0.1) is 0 Å². The molecule has 2 atom stereocenters. The summed E-state index contributed by atoms with van der Waals surface area (Å²) in [5.41, 5.74) is 2.92. The van der Waals surface area contributed by atoms with Crippen LogP contribution < -0.4 is 5.32 Å². The molecule has 17 heavy (non-hydrogen) atoms. The van der Waals surface area contributed by atoms with Gasteiger partial charge in [-0.05, 0) is 43.9 Å². The molecule has 2 unspecified atom stereocenters. The first-order valence-electron chi connectivity index (χ1n) is 6.79. The Kier molecular flexibility index (Phi) is 4.57. The van der Waals surface area contributed by atoms with Crippen LogP contribution in [0.3, 0.4) is 0 Å². The second-order valence-electron chi connectivity index (χ2n) is 4.66. The fourth-order valence-electron chi connectivity index (χ4n) is 2.66. The van der Waals surface area contributed by atoms with Gasteiger partial charge in [-0.1, -0.05) is 31.2 Å². The van der Waals surface area contributed by atoms with Crippen LogP contribution in [0.2, 0.25) is 0 Å². The largest absolute Gasteiger partial charge is 0.377 e. The number of rotatable bonds is 5. The Labute approximate surface area is 104 Å². The summed E-state index contributed by atoms with van der Waals surface area (Å²) < 4.78 is 5.89. The zero-order chi connectivity index (χ0) is 12.1. The van der Waals surface area contributed by atoms with E-state index in [-0.39, 0.29) is 0 Å². The molecule has 2 nitrogen and oxygen atoms in total. The summed E-state index contributed by atoms with van der Waals surface area (Å²) in [4.78, 5) is 0. The molecule has 1 N–H and O–H groups in total. The molecule has 0 saturated heterocycles. The number of fused-ring (bicyclic) bond motifs is 1. The van der Waals surface area contributed by atoms with Crippen molar-refractivity contribution in [3.8, 4) is 0 Å². The van der Waals surface area contributed by atoms with E-state index in [0.29, 0.717) is 12.1 Å². The molecule has 2 heteroatoms. The molecule has 0 aromatic heterocycles. The molecule has 0 radical (unpaired) electrons. The molecule has 1 aromatic rings. The Morgan fingerprint density at radius 2 is 2.12 bits per heavy atom. The summed E-state index contributed by atoms with van der Waals surface area (Å²) in [5.74, 6) is 0. The fraction of sp³-hybridized carbons (Fsp3) is 0.600. The Bertz CT molecular complexity index is 351. The van der Waals surface area contributed by atoms with Gasteiger partial charge in [-0.25, -0.2) is 0 Å². The van der Waals surface area contributed by atoms with Gasteiger partial charge in [0, 0.05) is 6.61 Å². The second-order valence-corrected chi connectivity index (χ2v) is 4.66. The van der Waals surface area contributed by atoms with Crippen LogP contribution in [0.4, 0.5) is 0 Å². The predicted octanol–water partition coefficient (Wildman–Crippen LogP) is 3.08. The van der Waals surface area contributed by atoms with Crippen molar-refractivity contribution in [3.05, 3.63) is 35.4 Å². The molecule has 1 aromatic carbocycles. The van der Waals surface area contributed by atoms with Gasteiger partial charge >= 0.3 is 0 Å². The highest BCUT2D eigenvalue weighted by molar-refractivity contribution is 5.33. The number of hydrogen-bond donors (Lipinski definition) is 1. The first-order chi connectivity index (χ1) is 8.36. The molecule has 1 aliphatic rings. The van der Waals surface area contributed by atoms with Crippen LogP contribution >= 0.6 is 0 Å². The van der Waals surface area contributed by atoms with Crippen LogP contribution in [-0.4, -0.2) is 19.3 Å². The standard InChI is InChI=1S/C15H23NO/c1-3-11-16-15-13-8-6-5-7-12(13)9-10-14(15)17-4-2/h5-8,14-16H,3-4,9-11H2,1-2H3. The molecule has 2 rings (SSSR count). The minimum absolute atomic E-state index is 0.335. The monoisotopic (exact) mass is 233 g/mol. The molecule has 0 saturated carbocycles. The number of hydrogen-bond acceptors (Lipinski definition) is 2. The molecule has 0 fully saturated rings. The van der Waals surface area contributed by atoms with Gasteiger partial charge in [0.1, 0.15) is 0 Å². The normalized spacial score (nSPS) is 23.4. The van der Waals surface area contributed by atoms with E-state index in [9.17, 15) is 0 Å². The number of nitrogens with one attached hydrogen (secondary N) is 1. The number of aryl methyl sites for hydroxylation is 1. The lowest BCUT2D eigenvalue weighted by Gasteiger charge is -2.34. The van der Waals surface area contributed by atoms with E-state index < -0.39 is 0 Å². The van der Waals surface area contributed by atoms with Gasteiger partial charge in [0.25, 0.3) is 0 Å². The summed E-state index contributed by atoms with van der Waals surface area (Å²) in [7, 11) is 0. The van der Waals surface area contributed by atoms with Crippen molar-refractivity contribution in [1.29, 1.82) is 0 Å². The van der Waals surface area contributed by atoms with Crippen molar-refractivity contribution < 1.29 is 4.74 Å². The van der Waals surface area contributed by atoms with Crippen molar-refractivity contribution in [2.45, 2.75) is 45.3 Å². The van der Waals surface area contributed by atoms with Gasteiger partial charge in [-0.2, -0.15) is 0 Å². The van der Waals surface area contributed by atoms with Crippen molar-refractivity contribution in [2.75, 3.05) is 13.2 Å². The van der Waals surface area contributed by atoms with Gasteiger partial charge in [-0.3, -0.25) is 0 Å². The first kappa shape index (κ1) is 12.6. The maximum atomic E-state index is 5.89. The molecule has 0 heterocycles. The van der Waals surface area contributed by atoms with Crippen LogP contribution in [0.1, 0.15) is 43.9 Å². The van der Waals surface area contributed by atoms with Crippen molar-refractivity contribution in [1.82, 2.24) is 5.32 Å². The molecule has 1 aliphatic carbocycles. The third-order valence-corrected chi connectivity index (χ3v) is 3.46. The molecular formula is C15H23NO. The Hall–Kier alpha value is -0.860. The maximum Gasteiger partial charge on any atom is 0.0772 e. The number of ether oxygens (including phenoxy) is 1. The minimum atomic E-state index is 0.335. The third kappa shape index (κ3) is 2.88. The van der Waals surface area contributed by atoms with E-state index in [2.05, 4.69) is 43.4 Å². The van der Waals surface area contributed by atoms with E-state index in [1.165, 1.54) is 11.1 Å². The number of benzene rings is 1. The summed E-state index contributed by atoms with van der Waals surface area (Å²) >= 11 is 0. The third-order valence-electron chi connectivity index (χ3n) is 3.46. The van der Waals surface area contributed by atoms with Crippen LogP contribution in [0.5, 0.6) is 0 Å². The first-order valence-corrected chi connectivity index (χ1v) is 6.79. The van der Waals surface area contributed by atoms with E-state index >= 15 is 0 Å². The lowest BCUT2D eigenvalue weighted by Crippen LogP contribution is -2.38. The van der Waals surface area contributed by atoms with Crippen LogP contribution in [-0.2, 0) is 11.2 Å². The Balaban J connectivity index is 2.19. The van der Waals surface area contributed by atoms with E-state index in [0.717, 1.165) is 32.4 Å². The van der Waals surface area contributed by atoms with Crippen molar-refractivity contribution >= 4 is 0 Å². The smallest absolute Gasteiger partial charge is 0.0772 e. The van der Waals surface area contributed by atoms with Crippen LogP contribution in [0.15, 0.2) is 24.3 Å². The van der Waals surface area contributed by atoms with E-state index in [1.54, 1.807) is 0 Å². The lowest BCUT2D eigenvalue weighted by atomic mass is 9.85. The van der Waals surface area contributed by atoms with Gasteiger partial charge in [0.05, 0.1) is 12.1 Å². The topological polar surface area (TPSA) is 21.3 Å². The second kappa shape index (κ2) is 6.18. The molecular weight excluding hydrogens is 210 g/mol. The Morgan fingerprint density at radius 1 is 1.29 bits per heavy atom. The van der Waals surface area contributed by atoms with Gasteiger partial charge < -0.3 is 10.1 Å². The fourth-order valence-corrected chi connectivity index (χ4v) is 2.66. The molecule has 0 amide bonds. The van der Waals surface area contributed by atoms with Crippen molar-refractivity contribution in [2.24, 2.45) is 0 Å². The highest BCUT2D eigenvalue weighted by atomic mass is 16.5. The summed E-state index contributed by atoms with van der Waals surface area (Å²) in [6, 6.07) is 9.14. The van der Waals surface area contributed by atoms with Gasteiger partial charge in [-0.15, -0.1) is 0 Å².